The Balaban J connectivity index is 2.14. The van der Waals surface area contributed by atoms with Crippen molar-refractivity contribution in [3.8, 4) is 0 Å². The summed E-state index contributed by atoms with van der Waals surface area (Å²) in [5.41, 5.74) is 2.55. The number of amides is 1. The number of nitrogens with zero attached hydrogens (tertiary/aromatic N) is 4. The van der Waals surface area contributed by atoms with Crippen LogP contribution in [0.3, 0.4) is 0 Å². The summed E-state index contributed by atoms with van der Waals surface area (Å²) in [6, 6.07) is 3.76. The molecule has 0 aromatic carbocycles. The normalized spacial score (nSPS) is 12.6. The number of nitrogens with one attached hydrogen (secondary N) is 1. The van der Waals surface area contributed by atoms with Gasteiger partial charge in [0.15, 0.2) is 0 Å². The smallest absolute Gasteiger partial charge is 0.270 e. The summed E-state index contributed by atoms with van der Waals surface area (Å²) in [7, 11) is 3.69. The third-order valence-electron chi connectivity index (χ3n) is 3.71. The molecule has 1 atom stereocenters. The monoisotopic (exact) mass is 303 g/mol. The van der Waals surface area contributed by atoms with E-state index in [9.17, 15) is 4.79 Å². The number of aromatic nitrogens is 4. The highest BCUT2D eigenvalue weighted by molar-refractivity contribution is 5.92. The minimum Gasteiger partial charge on any atom is -0.342 e. The van der Waals surface area contributed by atoms with E-state index in [1.165, 1.54) is 0 Å². The van der Waals surface area contributed by atoms with E-state index >= 15 is 0 Å². The van der Waals surface area contributed by atoms with E-state index in [-0.39, 0.29) is 11.9 Å². The number of hydrogen-bond acceptors (Lipinski definition) is 3. The zero-order chi connectivity index (χ0) is 16.3. The standard InChI is InChI=1S/C16H25N5O/c1-6-13(14-7-8-17-20(14)4)18-16(22)15-10-12(9-11(2)3)19-21(15)5/h7-8,10-11,13H,6,9H2,1-5H3,(H,18,22). The summed E-state index contributed by atoms with van der Waals surface area (Å²) in [6.07, 6.45) is 3.43. The Morgan fingerprint density at radius 1 is 1.32 bits per heavy atom. The van der Waals surface area contributed by atoms with Crippen molar-refractivity contribution >= 4 is 5.91 Å². The van der Waals surface area contributed by atoms with E-state index in [1.807, 2.05) is 33.2 Å². The van der Waals surface area contributed by atoms with Crippen molar-refractivity contribution in [3.63, 3.8) is 0 Å². The summed E-state index contributed by atoms with van der Waals surface area (Å²) in [5.74, 6) is 0.418. The predicted octanol–water partition coefficient (Wildman–Crippen LogP) is 2.23. The van der Waals surface area contributed by atoms with Crippen LogP contribution in [0.1, 0.15) is 55.1 Å². The molecule has 0 saturated heterocycles. The summed E-state index contributed by atoms with van der Waals surface area (Å²) >= 11 is 0. The van der Waals surface area contributed by atoms with Crippen molar-refractivity contribution in [1.82, 2.24) is 24.9 Å². The second-order valence-electron chi connectivity index (χ2n) is 6.06. The van der Waals surface area contributed by atoms with E-state index < -0.39 is 0 Å². The zero-order valence-corrected chi connectivity index (χ0v) is 14.0. The highest BCUT2D eigenvalue weighted by Crippen LogP contribution is 2.16. The Kier molecular flexibility index (Phi) is 5.00. The Labute approximate surface area is 131 Å². The zero-order valence-electron chi connectivity index (χ0n) is 14.0. The molecule has 1 N–H and O–H groups in total. The maximum Gasteiger partial charge on any atom is 0.270 e. The van der Waals surface area contributed by atoms with Gasteiger partial charge in [-0.1, -0.05) is 20.8 Å². The first kappa shape index (κ1) is 16.3. The third-order valence-corrected chi connectivity index (χ3v) is 3.71. The molecule has 120 valence electrons. The molecule has 1 amide bonds. The fraction of sp³-hybridized carbons (Fsp3) is 0.562. The lowest BCUT2D eigenvalue weighted by Crippen LogP contribution is -2.30. The van der Waals surface area contributed by atoms with Crippen LogP contribution >= 0.6 is 0 Å². The average molecular weight is 303 g/mol. The molecule has 0 fully saturated rings. The lowest BCUT2D eigenvalue weighted by Gasteiger charge is -2.17. The minimum absolute atomic E-state index is 0.0524. The molecule has 0 spiro atoms. The molecule has 22 heavy (non-hydrogen) atoms. The molecule has 0 aliphatic heterocycles. The van der Waals surface area contributed by atoms with Crippen molar-refractivity contribution in [1.29, 1.82) is 0 Å². The Morgan fingerprint density at radius 3 is 2.59 bits per heavy atom. The SMILES string of the molecule is CCC(NC(=O)c1cc(CC(C)C)nn1C)c1ccnn1C. The maximum atomic E-state index is 12.5. The number of aryl methyl sites for hydroxylation is 2. The molecular weight excluding hydrogens is 278 g/mol. The van der Waals surface area contributed by atoms with Gasteiger partial charge in [0.05, 0.1) is 17.4 Å². The lowest BCUT2D eigenvalue weighted by molar-refractivity contribution is 0.0924. The van der Waals surface area contributed by atoms with Gasteiger partial charge in [-0.3, -0.25) is 14.2 Å². The van der Waals surface area contributed by atoms with Gasteiger partial charge in [0.2, 0.25) is 0 Å². The fourth-order valence-corrected chi connectivity index (χ4v) is 2.60. The number of hydrogen-bond donors (Lipinski definition) is 1. The minimum atomic E-state index is -0.0990. The molecule has 6 nitrogen and oxygen atoms in total. The summed E-state index contributed by atoms with van der Waals surface area (Å²) in [5, 5.41) is 11.7. The van der Waals surface area contributed by atoms with E-state index in [4.69, 9.17) is 0 Å². The molecule has 2 heterocycles. The quantitative estimate of drug-likeness (QED) is 0.890. The van der Waals surface area contributed by atoms with Crippen LogP contribution in [0.5, 0.6) is 0 Å². The van der Waals surface area contributed by atoms with Crippen LogP contribution in [-0.4, -0.2) is 25.5 Å². The van der Waals surface area contributed by atoms with Crippen LogP contribution in [0.15, 0.2) is 18.3 Å². The molecule has 2 rings (SSSR count). The van der Waals surface area contributed by atoms with E-state index in [2.05, 4.69) is 29.4 Å². The van der Waals surface area contributed by atoms with Crippen molar-refractivity contribution in [2.24, 2.45) is 20.0 Å². The molecule has 0 radical (unpaired) electrons. The second-order valence-corrected chi connectivity index (χ2v) is 6.06. The van der Waals surface area contributed by atoms with Crippen LogP contribution in [0.4, 0.5) is 0 Å². The Bertz CT molecular complexity index is 641. The molecule has 1 unspecified atom stereocenters. The van der Waals surface area contributed by atoms with Crippen LogP contribution in [-0.2, 0) is 20.5 Å². The first-order valence-corrected chi connectivity index (χ1v) is 7.74. The van der Waals surface area contributed by atoms with Crippen LogP contribution in [0.25, 0.3) is 0 Å². The first-order valence-electron chi connectivity index (χ1n) is 7.74. The van der Waals surface area contributed by atoms with Crippen LogP contribution in [0, 0.1) is 5.92 Å². The molecular formula is C16H25N5O. The largest absolute Gasteiger partial charge is 0.342 e. The summed E-state index contributed by atoms with van der Waals surface area (Å²) in [6.45, 7) is 6.33. The van der Waals surface area contributed by atoms with Gasteiger partial charge in [0.25, 0.3) is 5.91 Å². The Morgan fingerprint density at radius 2 is 2.05 bits per heavy atom. The maximum absolute atomic E-state index is 12.5. The van der Waals surface area contributed by atoms with Gasteiger partial charge in [0, 0.05) is 20.3 Å². The van der Waals surface area contributed by atoms with Crippen molar-refractivity contribution < 1.29 is 4.79 Å². The van der Waals surface area contributed by atoms with Gasteiger partial charge >= 0.3 is 0 Å². The highest BCUT2D eigenvalue weighted by Gasteiger charge is 2.19. The van der Waals surface area contributed by atoms with Crippen molar-refractivity contribution in [3.05, 3.63) is 35.4 Å². The van der Waals surface area contributed by atoms with E-state index in [0.29, 0.717) is 11.6 Å². The number of carbonyl (C=O) groups is 1. The van der Waals surface area contributed by atoms with E-state index in [0.717, 1.165) is 24.2 Å². The van der Waals surface area contributed by atoms with Gasteiger partial charge < -0.3 is 5.32 Å². The predicted molar refractivity (Wildman–Crippen MR) is 85.5 cm³/mol. The summed E-state index contributed by atoms with van der Waals surface area (Å²) < 4.78 is 3.45. The molecule has 0 aliphatic carbocycles. The van der Waals surface area contributed by atoms with Gasteiger partial charge in [-0.2, -0.15) is 10.2 Å². The molecule has 0 bridgehead atoms. The summed E-state index contributed by atoms with van der Waals surface area (Å²) in [4.78, 5) is 12.5. The molecule has 0 aliphatic rings. The van der Waals surface area contributed by atoms with Gasteiger partial charge in [-0.05, 0) is 30.9 Å². The van der Waals surface area contributed by atoms with Gasteiger partial charge in [-0.15, -0.1) is 0 Å². The van der Waals surface area contributed by atoms with Gasteiger partial charge in [0.1, 0.15) is 5.69 Å². The van der Waals surface area contributed by atoms with E-state index in [1.54, 1.807) is 15.6 Å². The highest BCUT2D eigenvalue weighted by atomic mass is 16.2. The lowest BCUT2D eigenvalue weighted by atomic mass is 10.1. The fourth-order valence-electron chi connectivity index (χ4n) is 2.60. The van der Waals surface area contributed by atoms with Crippen molar-refractivity contribution in [2.45, 2.75) is 39.7 Å². The Hall–Kier alpha value is -2.11. The number of rotatable bonds is 6. The van der Waals surface area contributed by atoms with Gasteiger partial charge in [-0.25, -0.2) is 0 Å². The first-order chi connectivity index (χ1) is 10.4. The molecule has 2 aromatic heterocycles. The van der Waals surface area contributed by atoms with Crippen LogP contribution < -0.4 is 5.32 Å². The van der Waals surface area contributed by atoms with Crippen molar-refractivity contribution in [2.75, 3.05) is 0 Å². The molecule has 2 aromatic rings. The average Bonchev–Trinajstić information content (AvgIpc) is 3.01. The third kappa shape index (κ3) is 3.55. The molecule has 6 heteroatoms. The second kappa shape index (κ2) is 6.77. The topological polar surface area (TPSA) is 64.7 Å². The number of carbonyl (C=O) groups excluding carboxylic acids is 1. The molecule has 0 saturated carbocycles. The van der Waals surface area contributed by atoms with Crippen LogP contribution in [0.2, 0.25) is 0 Å².